The van der Waals surface area contributed by atoms with Gasteiger partial charge in [-0.25, -0.2) is 4.79 Å². The van der Waals surface area contributed by atoms with Gasteiger partial charge < -0.3 is 15.8 Å². The second-order valence-electron chi connectivity index (χ2n) is 3.95. The number of pyridine rings is 1. The van der Waals surface area contributed by atoms with Gasteiger partial charge >= 0.3 is 5.97 Å². The van der Waals surface area contributed by atoms with Crippen molar-refractivity contribution in [3.05, 3.63) is 53.9 Å². The normalized spacial score (nSPS) is 9.85. The second-order valence-corrected chi connectivity index (χ2v) is 3.95. The van der Waals surface area contributed by atoms with Gasteiger partial charge in [0.2, 0.25) is 0 Å². The first kappa shape index (κ1) is 13.5. The highest BCUT2D eigenvalue weighted by atomic mass is 16.5. The van der Waals surface area contributed by atoms with Gasteiger partial charge in [0.1, 0.15) is 0 Å². The van der Waals surface area contributed by atoms with Crippen LogP contribution in [0.3, 0.4) is 0 Å². The lowest BCUT2D eigenvalue weighted by molar-refractivity contribution is 0.0602. The smallest absolute Gasteiger partial charge is 0.339 e. The summed E-state index contributed by atoms with van der Waals surface area (Å²) in [6.45, 7) is 0. The molecule has 0 bridgehead atoms. The minimum absolute atomic E-state index is 0.264. The molecule has 20 heavy (non-hydrogen) atoms. The largest absolute Gasteiger partial charge is 0.465 e. The minimum Gasteiger partial charge on any atom is -0.465 e. The Morgan fingerprint density at radius 2 is 1.95 bits per heavy atom. The molecule has 0 aliphatic heterocycles. The maximum Gasteiger partial charge on any atom is 0.339 e. The van der Waals surface area contributed by atoms with Gasteiger partial charge in [0, 0.05) is 6.20 Å². The number of carbonyl (C=O) groups is 2. The molecule has 3 N–H and O–H groups in total. The van der Waals surface area contributed by atoms with E-state index < -0.39 is 11.9 Å². The van der Waals surface area contributed by atoms with Crippen LogP contribution in [0.25, 0.3) is 0 Å². The molecular weight excluding hydrogens is 258 g/mol. The van der Waals surface area contributed by atoms with Gasteiger partial charge in [0.25, 0.3) is 5.91 Å². The van der Waals surface area contributed by atoms with E-state index in [0.717, 1.165) is 0 Å². The number of nitrogens with zero attached hydrogens (tertiary/aromatic N) is 1. The van der Waals surface area contributed by atoms with E-state index >= 15 is 0 Å². The van der Waals surface area contributed by atoms with Crippen LogP contribution < -0.4 is 11.1 Å². The summed E-state index contributed by atoms with van der Waals surface area (Å²) in [5, 5.41) is 2.64. The van der Waals surface area contributed by atoms with Crippen molar-refractivity contribution in [3.63, 3.8) is 0 Å². The first-order valence-electron chi connectivity index (χ1n) is 5.81. The third-order valence-electron chi connectivity index (χ3n) is 2.68. The number of nitrogen functional groups attached to an aromatic ring is 1. The Morgan fingerprint density at radius 1 is 1.20 bits per heavy atom. The van der Waals surface area contributed by atoms with E-state index in [2.05, 4.69) is 15.0 Å². The molecule has 0 saturated carbocycles. The number of benzene rings is 1. The van der Waals surface area contributed by atoms with Crippen LogP contribution in [0, 0.1) is 0 Å². The Kier molecular flexibility index (Phi) is 3.95. The lowest BCUT2D eigenvalue weighted by Crippen LogP contribution is -2.16. The third-order valence-corrected chi connectivity index (χ3v) is 2.68. The second kappa shape index (κ2) is 5.83. The number of nitrogens with two attached hydrogens (primary N) is 1. The van der Waals surface area contributed by atoms with Gasteiger partial charge in [0.05, 0.1) is 35.8 Å². The number of nitrogens with one attached hydrogen (secondary N) is 1. The number of methoxy groups -OCH3 is 1. The van der Waals surface area contributed by atoms with Gasteiger partial charge in [-0.2, -0.15) is 0 Å². The zero-order valence-corrected chi connectivity index (χ0v) is 10.8. The molecule has 1 aromatic heterocycles. The monoisotopic (exact) mass is 271 g/mol. The fourth-order valence-electron chi connectivity index (χ4n) is 1.68. The average Bonchev–Trinajstić information content (AvgIpc) is 2.47. The standard InChI is InChI=1S/C14H13N3O3/c1-20-14(19)10-4-2-3-5-12(10)17-13(18)9-6-7-16-8-11(9)15/h2-8H,15H2,1H3,(H,17,18). The van der Waals surface area contributed by atoms with Crippen LogP contribution in [0.15, 0.2) is 42.7 Å². The van der Waals surface area contributed by atoms with Crippen molar-refractivity contribution >= 4 is 23.3 Å². The van der Waals surface area contributed by atoms with Crippen LogP contribution in [0.5, 0.6) is 0 Å². The van der Waals surface area contributed by atoms with Gasteiger partial charge in [-0.3, -0.25) is 9.78 Å². The van der Waals surface area contributed by atoms with E-state index in [4.69, 9.17) is 5.73 Å². The van der Waals surface area contributed by atoms with Gasteiger partial charge in [-0.15, -0.1) is 0 Å². The lowest BCUT2D eigenvalue weighted by atomic mass is 10.1. The van der Waals surface area contributed by atoms with E-state index in [1.807, 2.05) is 0 Å². The number of aromatic nitrogens is 1. The Balaban J connectivity index is 2.29. The number of hydrogen-bond acceptors (Lipinski definition) is 5. The van der Waals surface area contributed by atoms with Crippen molar-refractivity contribution in [1.82, 2.24) is 4.98 Å². The van der Waals surface area contributed by atoms with Crippen molar-refractivity contribution < 1.29 is 14.3 Å². The fraction of sp³-hybridized carbons (Fsp3) is 0.0714. The number of carbonyl (C=O) groups excluding carboxylic acids is 2. The Hall–Kier alpha value is -2.89. The van der Waals surface area contributed by atoms with Crippen molar-refractivity contribution in [3.8, 4) is 0 Å². The number of para-hydroxylation sites is 1. The van der Waals surface area contributed by atoms with Crippen LogP contribution in [-0.2, 0) is 4.74 Å². The lowest BCUT2D eigenvalue weighted by Gasteiger charge is -2.10. The van der Waals surface area contributed by atoms with E-state index in [1.165, 1.54) is 25.6 Å². The highest BCUT2D eigenvalue weighted by molar-refractivity contribution is 6.10. The van der Waals surface area contributed by atoms with Gasteiger partial charge in [0.15, 0.2) is 0 Å². The van der Waals surface area contributed by atoms with Crippen LogP contribution in [0.4, 0.5) is 11.4 Å². The molecule has 0 radical (unpaired) electrons. The van der Waals surface area contributed by atoms with Crippen molar-refractivity contribution in [2.75, 3.05) is 18.2 Å². The Morgan fingerprint density at radius 3 is 2.65 bits per heavy atom. The summed E-state index contributed by atoms with van der Waals surface area (Å²) < 4.78 is 4.66. The van der Waals surface area contributed by atoms with Crippen LogP contribution in [-0.4, -0.2) is 24.0 Å². The number of rotatable bonds is 3. The molecule has 1 aromatic carbocycles. The number of anilines is 2. The quantitative estimate of drug-likeness (QED) is 0.828. The molecule has 2 rings (SSSR count). The molecule has 102 valence electrons. The summed E-state index contributed by atoms with van der Waals surface area (Å²) in [6.07, 6.45) is 2.86. The molecular formula is C14H13N3O3. The molecule has 0 aliphatic rings. The average molecular weight is 271 g/mol. The maximum atomic E-state index is 12.1. The zero-order chi connectivity index (χ0) is 14.5. The molecule has 0 atom stereocenters. The van der Waals surface area contributed by atoms with Crippen molar-refractivity contribution in [2.24, 2.45) is 0 Å². The predicted molar refractivity (Wildman–Crippen MR) is 74.4 cm³/mol. The van der Waals surface area contributed by atoms with E-state index in [-0.39, 0.29) is 11.3 Å². The number of esters is 1. The summed E-state index contributed by atoms with van der Waals surface area (Å²) in [5.41, 5.74) is 6.88. The molecule has 2 aromatic rings. The third kappa shape index (κ3) is 2.74. The van der Waals surface area contributed by atoms with Gasteiger partial charge in [-0.1, -0.05) is 12.1 Å². The molecule has 0 saturated heterocycles. The zero-order valence-electron chi connectivity index (χ0n) is 10.8. The molecule has 6 heteroatoms. The molecule has 0 spiro atoms. The highest BCUT2D eigenvalue weighted by Crippen LogP contribution is 2.18. The number of ether oxygens (including phenoxy) is 1. The molecule has 1 amide bonds. The van der Waals surface area contributed by atoms with Crippen LogP contribution in [0.2, 0.25) is 0 Å². The summed E-state index contributed by atoms with van der Waals surface area (Å²) in [7, 11) is 1.28. The topological polar surface area (TPSA) is 94.3 Å². The molecule has 0 unspecified atom stereocenters. The van der Waals surface area contributed by atoms with Crippen LogP contribution in [0.1, 0.15) is 20.7 Å². The molecule has 0 fully saturated rings. The molecule has 1 heterocycles. The van der Waals surface area contributed by atoms with Crippen molar-refractivity contribution in [1.29, 1.82) is 0 Å². The van der Waals surface area contributed by atoms with Crippen molar-refractivity contribution in [2.45, 2.75) is 0 Å². The fourth-order valence-corrected chi connectivity index (χ4v) is 1.68. The Labute approximate surface area is 115 Å². The highest BCUT2D eigenvalue weighted by Gasteiger charge is 2.15. The predicted octanol–water partition coefficient (Wildman–Crippen LogP) is 1.70. The number of amides is 1. The summed E-state index contributed by atoms with van der Waals surface area (Å²) in [5.74, 6) is -0.940. The van der Waals surface area contributed by atoms with Crippen LogP contribution >= 0.6 is 0 Å². The summed E-state index contributed by atoms with van der Waals surface area (Å²) >= 11 is 0. The first-order valence-corrected chi connectivity index (χ1v) is 5.81. The SMILES string of the molecule is COC(=O)c1ccccc1NC(=O)c1ccncc1N. The first-order chi connectivity index (χ1) is 9.63. The van der Waals surface area contributed by atoms with E-state index in [0.29, 0.717) is 11.3 Å². The van der Waals surface area contributed by atoms with E-state index in [9.17, 15) is 9.59 Å². The summed E-state index contributed by atoms with van der Waals surface area (Å²) in [6, 6.07) is 8.07. The Bertz CT molecular complexity index is 656. The summed E-state index contributed by atoms with van der Waals surface area (Å²) in [4.78, 5) is 27.6. The molecule has 0 aliphatic carbocycles. The van der Waals surface area contributed by atoms with Gasteiger partial charge in [-0.05, 0) is 18.2 Å². The minimum atomic E-state index is -0.524. The number of hydrogen-bond donors (Lipinski definition) is 2. The van der Waals surface area contributed by atoms with E-state index in [1.54, 1.807) is 24.3 Å². The maximum absolute atomic E-state index is 12.1. The molecule has 6 nitrogen and oxygen atoms in total.